The van der Waals surface area contributed by atoms with Gasteiger partial charge in [-0.1, -0.05) is 48.5 Å². The summed E-state index contributed by atoms with van der Waals surface area (Å²) < 4.78 is 11.1. The molecule has 2 rings (SSSR count). The van der Waals surface area contributed by atoms with Crippen molar-refractivity contribution in [3.63, 3.8) is 0 Å². The van der Waals surface area contributed by atoms with Crippen molar-refractivity contribution in [3.05, 3.63) is 70.8 Å². The molecule has 0 radical (unpaired) electrons. The molecule has 0 aliphatic carbocycles. The van der Waals surface area contributed by atoms with Crippen LogP contribution in [0.25, 0.3) is 0 Å². The van der Waals surface area contributed by atoms with Crippen LogP contribution in [0.5, 0.6) is 0 Å². The molecule has 2 aromatic carbocycles. The number of amides is 3. The van der Waals surface area contributed by atoms with Gasteiger partial charge in [0.15, 0.2) is 0 Å². The number of hydrogen-bond acceptors (Lipinski definition) is 7. The van der Waals surface area contributed by atoms with Crippen molar-refractivity contribution in [3.8, 4) is 0 Å². The van der Waals surface area contributed by atoms with E-state index in [9.17, 15) is 19.2 Å². The molecule has 44 heavy (non-hydrogen) atoms. The van der Waals surface area contributed by atoms with Crippen LogP contribution in [0.2, 0.25) is 0 Å². The topological polar surface area (TPSA) is 114 Å². The quantitative estimate of drug-likeness (QED) is 0.225. The maximum Gasteiger partial charge on any atom is 0.408 e. The van der Waals surface area contributed by atoms with Gasteiger partial charge in [0.25, 0.3) is 0 Å². The van der Waals surface area contributed by atoms with Gasteiger partial charge in [-0.2, -0.15) is 12.6 Å². The Balaban J connectivity index is 2.60. The van der Waals surface area contributed by atoms with Gasteiger partial charge >= 0.3 is 12.1 Å². The van der Waals surface area contributed by atoms with Crippen molar-refractivity contribution in [1.82, 2.24) is 15.5 Å². The Morgan fingerprint density at radius 1 is 0.818 bits per heavy atom. The van der Waals surface area contributed by atoms with Crippen molar-refractivity contribution in [2.45, 2.75) is 111 Å². The summed E-state index contributed by atoms with van der Waals surface area (Å²) in [6.07, 6.45) is -0.579. The fourth-order valence-electron chi connectivity index (χ4n) is 4.65. The summed E-state index contributed by atoms with van der Waals surface area (Å²) in [5, 5.41) is 5.53. The molecule has 0 aliphatic heterocycles. The highest BCUT2D eigenvalue weighted by molar-refractivity contribution is 7.80. The summed E-state index contributed by atoms with van der Waals surface area (Å²) in [4.78, 5) is 56.1. The number of alkyl carbamates (subject to hydrolysis) is 1. The second-order valence-electron chi connectivity index (χ2n) is 13.2. The first-order chi connectivity index (χ1) is 20.3. The number of nitrogens with one attached hydrogen (secondary N) is 2. The summed E-state index contributed by atoms with van der Waals surface area (Å²) in [7, 11) is 0. The first kappa shape index (κ1) is 36.7. The van der Waals surface area contributed by atoms with Crippen molar-refractivity contribution < 1.29 is 28.7 Å². The number of esters is 1. The standard InChI is InChI=1S/C34H49N3O6S/c1-21(2)37(30(39)27(20-44)36-32(41)43-34(8,9)10)28(25-18-14-15-22(3)23(25)4)29(38)35-26(31(40)42-33(5,6)7)19-24-16-12-11-13-17-24/h11-18,21,26-28,44H,19-20H2,1-10H3,(H,35,38)(H,36,41). The second kappa shape index (κ2) is 15.5. The van der Waals surface area contributed by atoms with E-state index in [0.717, 1.165) is 16.7 Å². The molecule has 0 aromatic heterocycles. The lowest BCUT2D eigenvalue weighted by Crippen LogP contribution is -2.57. The molecular formula is C34H49N3O6S. The molecule has 3 atom stereocenters. The van der Waals surface area contributed by atoms with Crippen LogP contribution >= 0.6 is 12.6 Å². The Bertz CT molecular complexity index is 1300. The van der Waals surface area contributed by atoms with E-state index in [4.69, 9.17) is 9.47 Å². The third-order valence-corrected chi connectivity index (χ3v) is 7.11. The number of rotatable bonds is 11. The van der Waals surface area contributed by atoms with E-state index in [1.165, 1.54) is 4.90 Å². The first-order valence-electron chi connectivity index (χ1n) is 14.9. The van der Waals surface area contributed by atoms with E-state index in [1.807, 2.05) is 56.3 Å². The summed E-state index contributed by atoms with van der Waals surface area (Å²) in [5.74, 6) is -1.69. The highest BCUT2D eigenvalue weighted by Gasteiger charge is 2.40. The van der Waals surface area contributed by atoms with Crippen LogP contribution in [-0.2, 0) is 30.3 Å². The number of nitrogens with zero attached hydrogens (tertiary/aromatic N) is 1. The summed E-state index contributed by atoms with van der Waals surface area (Å²) in [6, 6.07) is 11.2. The lowest BCUT2D eigenvalue weighted by molar-refractivity contribution is -0.159. The molecule has 0 spiro atoms. The van der Waals surface area contributed by atoms with Crippen molar-refractivity contribution in [2.24, 2.45) is 0 Å². The van der Waals surface area contributed by atoms with Crippen LogP contribution in [0.4, 0.5) is 4.79 Å². The number of carbonyl (C=O) groups is 4. The average Bonchev–Trinajstić information content (AvgIpc) is 2.89. The zero-order valence-corrected chi connectivity index (χ0v) is 28.6. The largest absolute Gasteiger partial charge is 0.458 e. The third-order valence-electron chi connectivity index (χ3n) is 6.74. The number of hydrogen-bond donors (Lipinski definition) is 3. The summed E-state index contributed by atoms with van der Waals surface area (Å²) in [5.41, 5.74) is 1.63. The number of thiol groups is 1. The zero-order valence-electron chi connectivity index (χ0n) is 27.7. The van der Waals surface area contributed by atoms with E-state index in [1.54, 1.807) is 61.5 Å². The number of carbonyl (C=O) groups excluding carboxylic acids is 4. The van der Waals surface area contributed by atoms with Gasteiger partial charge in [-0.3, -0.25) is 9.59 Å². The van der Waals surface area contributed by atoms with Crippen molar-refractivity contribution in [2.75, 3.05) is 5.75 Å². The highest BCUT2D eigenvalue weighted by atomic mass is 32.1. The van der Waals surface area contributed by atoms with Gasteiger partial charge < -0.3 is 25.0 Å². The number of aryl methyl sites for hydroxylation is 1. The average molecular weight is 628 g/mol. The van der Waals surface area contributed by atoms with Gasteiger partial charge in [0.2, 0.25) is 11.8 Å². The van der Waals surface area contributed by atoms with Gasteiger partial charge in [-0.25, -0.2) is 9.59 Å². The minimum absolute atomic E-state index is 0.0308. The number of ether oxygens (including phenoxy) is 2. The van der Waals surface area contributed by atoms with E-state index < -0.39 is 59.2 Å². The van der Waals surface area contributed by atoms with Crippen LogP contribution < -0.4 is 10.6 Å². The van der Waals surface area contributed by atoms with Gasteiger partial charge in [0.1, 0.15) is 29.3 Å². The van der Waals surface area contributed by atoms with Gasteiger partial charge in [-0.15, -0.1) is 0 Å². The maximum atomic E-state index is 14.4. The fraction of sp³-hybridized carbons (Fsp3) is 0.529. The molecule has 0 heterocycles. The third kappa shape index (κ3) is 10.9. The van der Waals surface area contributed by atoms with Gasteiger partial charge in [0, 0.05) is 18.2 Å². The monoisotopic (exact) mass is 627 g/mol. The molecule has 0 bridgehead atoms. The predicted octanol–water partition coefficient (Wildman–Crippen LogP) is 5.47. The Hall–Kier alpha value is -3.53. The number of benzene rings is 2. The molecular weight excluding hydrogens is 578 g/mol. The molecule has 0 fully saturated rings. The van der Waals surface area contributed by atoms with E-state index in [2.05, 4.69) is 23.3 Å². The molecule has 3 amide bonds. The second-order valence-corrected chi connectivity index (χ2v) is 13.6. The van der Waals surface area contributed by atoms with Crippen LogP contribution in [0, 0.1) is 13.8 Å². The Morgan fingerprint density at radius 3 is 1.93 bits per heavy atom. The van der Waals surface area contributed by atoms with E-state index in [0.29, 0.717) is 5.56 Å². The molecule has 10 heteroatoms. The minimum Gasteiger partial charge on any atom is -0.458 e. The van der Waals surface area contributed by atoms with Crippen LogP contribution in [0.3, 0.4) is 0 Å². The normalized spacial score (nSPS) is 13.8. The summed E-state index contributed by atoms with van der Waals surface area (Å²) >= 11 is 4.35. The molecule has 2 N–H and O–H groups in total. The highest BCUT2D eigenvalue weighted by Crippen LogP contribution is 2.29. The Kier molecular flexibility index (Phi) is 12.9. The van der Waals surface area contributed by atoms with Crippen molar-refractivity contribution >= 4 is 36.5 Å². The van der Waals surface area contributed by atoms with E-state index >= 15 is 0 Å². The van der Waals surface area contributed by atoms with Crippen LogP contribution in [0.1, 0.15) is 83.7 Å². The maximum absolute atomic E-state index is 14.4. The smallest absolute Gasteiger partial charge is 0.408 e. The lowest BCUT2D eigenvalue weighted by atomic mass is 9.93. The molecule has 0 aliphatic rings. The molecule has 3 unspecified atom stereocenters. The Morgan fingerprint density at radius 2 is 1.41 bits per heavy atom. The lowest BCUT2D eigenvalue weighted by Gasteiger charge is -2.38. The molecule has 0 saturated carbocycles. The molecule has 0 saturated heterocycles. The van der Waals surface area contributed by atoms with E-state index in [-0.39, 0.29) is 12.2 Å². The SMILES string of the molecule is Cc1cccc(C(C(=O)NC(Cc2ccccc2)C(=O)OC(C)(C)C)N(C(=O)C(CS)NC(=O)OC(C)(C)C)C(C)C)c1C. The molecule has 242 valence electrons. The van der Waals surface area contributed by atoms with Crippen molar-refractivity contribution in [1.29, 1.82) is 0 Å². The summed E-state index contributed by atoms with van der Waals surface area (Å²) in [6.45, 7) is 17.9. The molecule has 2 aromatic rings. The first-order valence-corrected chi connectivity index (χ1v) is 15.5. The predicted molar refractivity (Wildman–Crippen MR) is 176 cm³/mol. The fourth-order valence-corrected chi connectivity index (χ4v) is 4.90. The van der Waals surface area contributed by atoms with Gasteiger partial charge in [0.05, 0.1) is 0 Å². The minimum atomic E-state index is -1.13. The van der Waals surface area contributed by atoms with Gasteiger partial charge in [-0.05, 0) is 91.5 Å². The van der Waals surface area contributed by atoms with Crippen LogP contribution in [-0.4, -0.2) is 63.9 Å². The zero-order chi connectivity index (χ0) is 33.4. The molecule has 9 nitrogen and oxygen atoms in total. The Labute approximate surface area is 267 Å². The van der Waals surface area contributed by atoms with Crippen LogP contribution in [0.15, 0.2) is 48.5 Å².